The van der Waals surface area contributed by atoms with Gasteiger partial charge in [-0.1, -0.05) is 39.9 Å². The number of carbonyl (C=O) groups excluding carboxylic acids is 1. The molecule has 1 amide bonds. The molecular weight excluding hydrogens is 244 g/mol. The average Bonchev–Trinajstić information content (AvgIpc) is 2.79. The lowest BCUT2D eigenvalue weighted by Crippen LogP contribution is -2.52. The highest BCUT2D eigenvalue weighted by Crippen LogP contribution is 2.34. The van der Waals surface area contributed by atoms with Crippen molar-refractivity contribution in [1.82, 2.24) is 4.90 Å². The zero-order chi connectivity index (χ0) is 13.9. The first kappa shape index (κ1) is 15.4. The van der Waals surface area contributed by atoms with Crippen LogP contribution in [0.1, 0.15) is 53.4 Å². The topological polar surface area (TPSA) is 46.3 Å². The maximum Gasteiger partial charge on any atom is 0.235 e. The molecule has 0 bridgehead atoms. The number of likely N-dealkylation sites (tertiary alicyclic amines) is 1. The molecular formula is C14H26N2OS. The monoisotopic (exact) mass is 270 g/mol. The van der Waals surface area contributed by atoms with Crippen molar-refractivity contribution >= 4 is 23.1 Å². The molecule has 1 saturated heterocycles. The average molecular weight is 270 g/mol. The highest BCUT2D eigenvalue weighted by molar-refractivity contribution is 7.80. The molecule has 1 atom stereocenters. The van der Waals surface area contributed by atoms with Crippen LogP contribution in [0.5, 0.6) is 0 Å². The molecule has 3 nitrogen and oxygen atoms in total. The minimum atomic E-state index is -0.632. The minimum Gasteiger partial charge on any atom is -0.392 e. The third-order valence-electron chi connectivity index (χ3n) is 4.42. The third-order valence-corrected chi connectivity index (χ3v) is 4.81. The number of amides is 1. The Morgan fingerprint density at radius 1 is 1.44 bits per heavy atom. The molecule has 1 fully saturated rings. The van der Waals surface area contributed by atoms with Gasteiger partial charge >= 0.3 is 0 Å². The molecule has 0 aromatic carbocycles. The molecule has 1 unspecified atom stereocenters. The SMILES string of the molecule is CCC(CC)(C(=O)N1CCCC1C(C)C)C(N)=S. The van der Waals surface area contributed by atoms with Gasteiger partial charge in [-0.05, 0) is 31.6 Å². The van der Waals surface area contributed by atoms with Crippen molar-refractivity contribution in [3.8, 4) is 0 Å². The summed E-state index contributed by atoms with van der Waals surface area (Å²) in [6.07, 6.45) is 3.58. The lowest BCUT2D eigenvalue weighted by Gasteiger charge is -2.37. The van der Waals surface area contributed by atoms with E-state index in [0.717, 1.165) is 19.4 Å². The maximum absolute atomic E-state index is 12.8. The summed E-state index contributed by atoms with van der Waals surface area (Å²) in [6.45, 7) is 9.21. The Hall–Kier alpha value is -0.640. The van der Waals surface area contributed by atoms with Gasteiger partial charge in [0.05, 0.1) is 10.4 Å². The predicted molar refractivity (Wildman–Crippen MR) is 79.4 cm³/mol. The second-order valence-corrected chi connectivity index (χ2v) is 6.05. The summed E-state index contributed by atoms with van der Waals surface area (Å²) in [6, 6.07) is 0.351. The van der Waals surface area contributed by atoms with Gasteiger partial charge in [-0.15, -0.1) is 0 Å². The van der Waals surface area contributed by atoms with Crippen LogP contribution in [-0.4, -0.2) is 28.4 Å². The van der Waals surface area contributed by atoms with E-state index in [9.17, 15) is 4.79 Å². The van der Waals surface area contributed by atoms with E-state index in [1.807, 2.05) is 18.7 Å². The summed E-state index contributed by atoms with van der Waals surface area (Å²) >= 11 is 5.17. The van der Waals surface area contributed by atoms with E-state index in [1.165, 1.54) is 0 Å². The molecule has 2 N–H and O–H groups in total. The number of nitrogens with zero attached hydrogens (tertiary/aromatic N) is 1. The van der Waals surface area contributed by atoms with Gasteiger partial charge in [0.2, 0.25) is 5.91 Å². The Morgan fingerprint density at radius 2 is 2.00 bits per heavy atom. The number of rotatable bonds is 5. The van der Waals surface area contributed by atoms with E-state index >= 15 is 0 Å². The third kappa shape index (κ3) is 2.53. The molecule has 0 saturated carbocycles. The maximum atomic E-state index is 12.8. The Morgan fingerprint density at radius 3 is 2.39 bits per heavy atom. The first-order valence-corrected chi connectivity index (χ1v) is 7.42. The second kappa shape index (κ2) is 6.00. The number of hydrogen-bond donors (Lipinski definition) is 1. The van der Waals surface area contributed by atoms with Crippen LogP contribution in [0.25, 0.3) is 0 Å². The highest BCUT2D eigenvalue weighted by atomic mass is 32.1. The largest absolute Gasteiger partial charge is 0.392 e. The van der Waals surface area contributed by atoms with Crippen LogP contribution in [0.4, 0.5) is 0 Å². The van der Waals surface area contributed by atoms with Gasteiger partial charge in [-0.25, -0.2) is 0 Å². The molecule has 1 aliphatic heterocycles. The van der Waals surface area contributed by atoms with Crippen molar-refractivity contribution < 1.29 is 4.79 Å². The van der Waals surface area contributed by atoms with Crippen LogP contribution in [0.3, 0.4) is 0 Å². The fourth-order valence-electron chi connectivity index (χ4n) is 3.02. The molecule has 0 aromatic heterocycles. The van der Waals surface area contributed by atoms with Crippen molar-refractivity contribution in [1.29, 1.82) is 0 Å². The molecule has 4 heteroatoms. The van der Waals surface area contributed by atoms with E-state index in [2.05, 4.69) is 13.8 Å². The van der Waals surface area contributed by atoms with Crippen LogP contribution >= 0.6 is 12.2 Å². The van der Waals surface area contributed by atoms with Gasteiger partial charge in [0.1, 0.15) is 0 Å². The summed E-state index contributed by atoms with van der Waals surface area (Å²) in [5.41, 5.74) is 5.23. The second-order valence-electron chi connectivity index (χ2n) is 5.61. The van der Waals surface area contributed by atoms with E-state index in [-0.39, 0.29) is 5.91 Å². The van der Waals surface area contributed by atoms with Crippen LogP contribution in [-0.2, 0) is 4.79 Å². The fraction of sp³-hybridized carbons (Fsp3) is 0.857. The lowest BCUT2D eigenvalue weighted by molar-refractivity contribution is -0.140. The van der Waals surface area contributed by atoms with Gasteiger partial charge in [0.15, 0.2) is 0 Å². The van der Waals surface area contributed by atoms with Crippen molar-refractivity contribution in [3.05, 3.63) is 0 Å². The smallest absolute Gasteiger partial charge is 0.235 e. The molecule has 0 aliphatic carbocycles. The van der Waals surface area contributed by atoms with Crippen LogP contribution in [0.2, 0.25) is 0 Å². The highest BCUT2D eigenvalue weighted by Gasteiger charge is 2.44. The molecule has 1 rings (SSSR count). The molecule has 1 heterocycles. The Kier molecular flexibility index (Phi) is 5.14. The van der Waals surface area contributed by atoms with E-state index in [0.29, 0.717) is 29.8 Å². The molecule has 1 aliphatic rings. The van der Waals surface area contributed by atoms with Crippen molar-refractivity contribution in [3.63, 3.8) is 0 Å². The summed E-state index contributed by atoms with van der Waals surface area (Å²) in [4.78, 5) is 15.2. The summed E-state index contributed by atoms with van der Waals surface area (Å²) in [7, 11) is 0. The van der Waals surface area contributed by atoms with Crippen LogP contribution < -0.4 is 5.73 Å². The fourth-order valence-corrected chi connectivity index (χ4v) is 3.39. The van der Waals surface area contributed by atoms with Gasteiger partial charge in [-0.2, -0.15) is 0 Å². The lowest BCUT2D eigenvalue weighted by atomic mass is 9.80. The van der Waals surface area contributed by atoms with E-state index < -0.39 is 5.41 Å². The van der Waals surface area contributed by atoms with Crippen molar-refractivity contribution in [2.45, 2.75) is 59.4 Å². The van der Waals surface area contributed by atoms with Crippen LogP contribution in [0, 0.1) is 11.3 Å². The van der Waals surface area contributed by atoms with Gasteiger partial charge in [-0.3, -0.25) is 4.79 Å². The Balaban J connectivity index is 3.00. The number of hydrogen-bond acceptors (Lipinski definition) is 2. The van der Waals surface area contributed by atoms with Gasteiger partial charge in [0, 0.05) is 12.6 Å². The van der Waals surface area contributed by atoms with Crippen molar-refractivity contribution in [2.75, 3.05) is 6.54 Å². The normalized spacial score (nSPS) is 20.5. The zero-order valence-electron chi connectivity index (χ0n) is 12.0. The quantitative estimate of drug-likeness (QED) is 0.781. The number of nitrogens with two attached hydrogens (primary N) is 1. The summed E-state index contributed by atoms with van der Waals surface area (Å²) < 4.78 is 0. The summed E-state index contributed by atoms with van der Waals surface area (Å²) in [5, 5.41) is 0. The molecule has 0 radical (unpaired) electrons. The minimum absolute atomic E-state index is 0.149. The first-order valence-electron chi connectivity index (χ1n) is 7.01. The zero-order valence-corrected chi connectivity index (χ0v) is 12.8. The molecule has 18 heavy (non-hydrogen) atoms. The molecule has 0 aromatic rings. The predicted octanol–water partition coefficient (Wildman–Crippen LogP) is 2.73. The molecule has 104 valence electrons. The Bertz CT molecular complexity index is 324. The van der Waals surface area contributed by atoms with Gasteiger partial charge in [0.25, 0.3) is 0 Å². The van der Waals surface area contributed by atoms with E-state index in [1.54, 1.807) is 0 Å². The molecule has 0 spiro atoms. The van der Waals surface area contributed by atoms with Crippen LogP contribution in [0.15, 0.2) is 0 Å². The summed E-state index contributed by atoms with van der Waals surface area (Å²) in [5.74, 6) is 0.644. The standard InChI is InChI=1S/C14H26N2OS/c1-5-14(6-2,12(15)18)13(17)16-9-7-8-11(16)10(3)4/h10-11H,5-9H2,1-4H3,(H2,15,18). The Labute approximate surface area is 116 Å². The first-order chi connectivity index (χ1) is 8.40. The van der Waals surface area contributed by atoms with E-state index in [4.69, 9.17) is 18.0 Å². The number of thiocarbonyl (C=S) groups is 1. The van der Waals surface area contributed by atoms with Crippen molar-refractivity contribution in [2.24, 2.45) is 17.1 Å². The van der Waals surface area contributed by atoms with Gasteiger partial charge < -0.3 is 10.6 Å². The number of carbonyl (C=O) groups is 1.